The Morgan fingerprint density at radius 1 is 1.37 bits per heavy atom. The molecule has 0 saturated carbocycles. The van der Waals surface area contributed by atoms with Crippen molar-refractivity contribution in [1.29, 1.82) is 0 Å². The van der Waals surface area contributed by atoms with E-state index in [1.54, 1.807) is 24.6 Å². The van der Waals surface area contributed by atoms with E-state index < -0.39 is 5.82 Å². The lowest BCUT2D eigenvalue weighted by Crippen LogP contribution is -2.00. The summed E-state index contributed by atoms with van der Waals surface area (Å²) in [7, 11) is 0. The Morgan fingerprint density at radius 2 is 2.16 bits per heavy atom. The second-order valence-electron chi connectivity index (χ2n) is 4.12. The molecule has 6 heteroatoms. The monoisotopic (exact) mass is 293 g/mol. The van der Waals surface area contributed by atoms with Gasteiger partial charge in [0.15, 0.2) is 5.82 Å². The summed E-state index contributed by atoms with van der Waals surface area (Å²) < 4.78 is 15.2. The van der Waals surface area contributed by atoms with E-state index in [2.05, 4.69) is 9.97 Å². The van der Waals surface area contributed by atoms with Crippen LogP contribution in [0.3, 0.4) is 0 Å². The maximum atomic E-state index is 14.2. The molecule has 96 valence electrons. The number of aromatic nitrogens is 2. The molecule has 0 aliphatic rings. The fourth-order valence-corrected chi connectivity index (χ4v) is 2.67. The Kier molecular flexibility index (Phi) is 2.88. The van der Waals surface area contributed by atoms with E-state index in [1.807, 2.05) is 6.07 Å². The molecule has 0 atom stereocenters. The minimum absolute atomic E-state index is 0.0671. The first-order chi connectivity index (χ1) is 9.08. The molecule has 0 bridgehead atoms. The number of thiazole rings is 1. The van der Waals surface area contributed by atoms with Gasteiger partial charge in [-0.1, -0.05) is 17.7 Å². The third-order valence-electron chi connectivity index (χ3n) is 2.88. The number of nitrogens with zero attached hydrogens (tertiary/aromatic N) is 2. The Hall–Kier alpha value is -1.72. The Balaban J connectivity index is 2.26. The summed E-state index contributed by atoms with van der Waals surface area (Å²) in [4.78, 5) is 8.39. The number of anilines is 1. The molecule has 0 aliphatic carbocycles. The van der Waals surface area contributed by atoms with Crippen LogP contribution in [0, 0.1) is 12.7 Å². The van der Waals surface area contributed by atoms with Crippen molar-refractivity contribution in [3.05, 3.63) is 40.2 Å². The number of benzene rings is 1. The number of halogens is 2. The summed E-state index contributed by atoms with van der Waals surface area (Å²) in [5.74, 6) is -0.592. The van der Waals surface area contributed by atoms with Crippen molar-refractivity contribution in [2.24, 2.45) is 0 Å². The van der Waals surface area contributed by atoms with E-state index in [-0.39, 0.29) is 16.4 Å². The highest BCUT2D eigenvalue weighted by Gasteiger charge is 2.16. The van der Waals surface area contributed by atoms with Crippen LogP contribution < -0.4 is 5.73 Å². The minimum Gasteiger partial charge on any atom is -0.395 e. The molecule has 0 saturated heterocycles. The minimum atomic E-state index is -0.592. The molecule has 2 N–H and O–H groups in total. The number of nitrogen functional groups attached to an aromatic ring is 1. The fourth-order valence-electron chi connectivity index (χ4n) is 1.88. The predicted molar refractivity (Wildman–Crippen MR) is 77.0 cm³/mol. The second-order valence-corrected chi connectivity index (χ2v) is 5.39. The first kappa shape index (κ1) is 12.3. The molecule has 2 heterocycles. The maximum Gasteiger partial charge on any atom is 0.173 e. The third-order valence-corrected chi connectivity index (χ3v) is 4.17. The van der Waals surface area contributed by atoms with Gasteiger partial charge in [-0.2, -0.15) is 0 Å². The number of aryl methyl sites for hydroxylation is 1. The standard InChI is InChI=1S/C13H9ClFN3S/c1-6-10(14)12(16)11(15)13(18-6)7-2-3-9-8(4-7)17-5-19-9/h2-5H,1H3,(H2,16,18). The van der Waals surface area contributed by atoms with Gasteiger partial charge in [0.05, 0.1) is 32.1 Å². The van der Waals surface area contributed by atoms with Crippen LogP contribution in [-0.2, 0) is 0 Å². The van der Waals surface area contributed by atoms with Gasteiger partial charge in [0.2, 0.25) is 0 Å². The highest BCUT2D eigenvalue weighted by Crippen LogP contribution is 2.33. The average Bonchev–Trinajstić information content (AvgIpc) is 2.87. The van der Waals surface area contributed by atoms with Gasteiger partial charge >= 0.3 is 0 Å². The number of pyridine rings is 1. The molecule has 3 rings (SSSR count). The Bertz CT molecular complexity index is 785. The zero-order valence-electron chi connectivity index (χ0n) is 9.95. The van der Waals surface area contributed by atoms with Crippen LogP contribution in [0.15, 0.2) is 23.7 Å². The van der Waals surface area contributed by atoms with Gasteiger partial charge in [-0.05, 0) is 19.1 Å². The summed E-state index contributed by atoms with van der Waals surface area (Å²) in [5, 5.41) is 0.163. The number of rotatable bonds is 1. The number of hydrogen-bond acceptors (Lipinski definition) is 4. The lowest BCUT2D eigenvalue weighted by atomic mass is 10.1. The van der Waals surface area contributed by atoms with Gasteiger partial charge in [-0.15, -0.1) is 11.3 Å². The van der Waals surface area contributed by atoms with E-state index in [0.717, 1.165) is 10.2 Å². The second kappa shape index (κ2) is 4.43. The van der Waals surface area contributed by atoms with E-state index in [9.17, 15) is 4.39 Å². The molecule has 0 aliphatic heterocycles. The van der Waals surface area contributed by atoms with Gasteiger partial charge in [-0.25, -0.2) is 14.4 Å². The summed E-state index contributed by atoms with van der Waals surface area (Å²) in [6.07, 6.45) is 0. The molecule has 2 aromatic heterocycles. The molecule has 3 nitrogen and oxygen atoms in total. The quantitative estimate of drug-likeness (QED) is 0.736. The van der Waals surface area contributed by atoms with Crippen LogP contribution in [0.4, 0.5) is 10.1 Å². The smallest absolute Gasteiger partial charge is 0.173 e. The lowest BCUT2D eigenvalue weighted by Gasteiger charge is -2.09. The summed E-state index contributed by atoms with van der Waals surface area (Å²) >= 11 is 7.41. The van der Waals surface area contributed by atoms with Crippen molar-refractivity contribution >= 4 is 38.8 Å². The van der Waals surface area contributed by atoms with E-state index in [4.69, 9.17) is 17.3 Å². The number of fused-ring (bicyclic) bond motifs is 1. The highest BCUT2D eigenvalue weighted by atomic mass is 35.5. The SMILES string of the molecule is Cc1nc(-c2ccc3scnc3c2)c(F)c(N)c1Cl. The Labute approximate surface area is 117 Å². The first-order valence-electron chi connectivity index (χ1n) is 5.52. The number of nitrogens with two attached hydrogens (primary N) is 1. The Morgan fingerprint density at radius 3 is 2.95 bits per heavy atom. The van der Waals surface area contributed by atoms with Crippen molar-refractivity contribution in [2.45, 2.75) is 6.92 Å². The van der Waals surface area contributed by atoms with Crippen LogP contribution >= 0.6 is 22.9 Å². The van der Waals surface area contributed by atoms with E-state index in [0.29, 0.717) is 11.3 Å². The van der Waals surface area contributed by atoms with Gasteiger partial charge in [-0.3, -0.25) is 0 Å². The van der Waals surface area contributed by atoms with Crippen LogP contribution in [-0.4, -0.2) is 9.97 Å². The van der Waals surface area contributed by atoms with Crippen molar-refractivity contribution < 1.29 is 4.39 Å². The van der Waals surface area contributed by atoms with Crippen molar-refractivity contribution in [2.75, 3.05) is 5.73 Å². The lowest BCUT2D eigenvalue weighted by molar-refractivity contribution is 0.629. The summed E-state index contributed by atoms with van der Waals surface area (Å²) in [5.41, 5.74) is 9.50. The molecule has 3 aromatic rings. The van der Waals surface area contributed by atoms with Crippen LogP contribution in [0.2, 0.25) is 5.02 Å². The molecule has 1 aromatic carbocycles. The van der Waals surface area contributed by atoms with Crippen molar-refractivity contribution in [3.63, 3.8) is 0 Å². The fraction of sp³-hybridized carbons (Fsp3) is 0.0769. The largest absolute Gasteiger partial charge is 0.395 e. The highest BCUT2D eigenvalue weighted by molar-refractivity contribution is 7.16. The topological polar surface area (TPSA) is 51.8 Å². The summed E-state index contributed by atoms with van der Waals surface area (Å²) in [6.45, 7) is 1.70. The molecular formula is C13H9ClFN3S. The zero-order valence-corrected chi connectivity index (χ0v) is 11.5. The third kappa shape index (κ3) is 1.95. The van der Waals surface area contributed by atoms with Crippen LogP contribution in [0.5, 0.6) is 0 Å². The van der Waals surface area contributed by atoms with Crippen LogP contribution in [0.1, 0.15) is 5.69 Å². The number of hydrogen-bond donors (Lipinski definition) is 1. The van der Waals surface area contributed by atoms with E-state index in [1.165, 1.54) is 11.3 Å². The van der Waals surface area contributed by atoms with Crippen molar-refractivity contribution in [3.8, 4) is 11.3 Å². The molecule has 0 radical (unpaired) electrons. The van der Waals surface area contributed by atoms with Gasteiger partial charge < -0.3 is 5.73 Å². The van der Waals surface area contributed by atoms with Crippen molar-refractivity contribution in [1.82, 2.24) is 9.97 Å². The van der Waals surface area contributed by atoms with Gasteiger partial charge in [0, 0.05) is 5.56 Å². The normalized spacial score (nSPS) is 11.1. The first-order valence-corrected chi connectivity index (χ1v) is 6.78. The molecule has 0 unspecified atom stereocenters. The van der Waals surface area contributed by atoms with E-state index >= 15 is 0 Å². The summed E-state index contributed by atoms with van der Waals surface area (Å²) in [6, 6.07) is 5.49. The predicted octanol–water partition coefficient (Wildman–Crippen LogP) is 4.04. The van der Waals surface area contributed by atoms with Gasteiger partial charge in [0.1, 0.15) is 5.69 Å². The van der Waals surface area contributed by atoms with Gasteiger partial charge in [0.25, 0.3) is 0 Å². The average molecular weight is 294 g/mol. The van der Waals surface area contributed by atoms with Crippen LogP contribution in [0.25, 0.3) is 21.5 Å². The zero-order chi connectivity index (χ0) is 13.6. The molecule has 0 amide bonds. The molecule has 0 fully saturated rings. The molecule has 0 spiro atoms. The molecular weight excluding hydrogens is 285 g/mol. The molecule has 19 heavy (non-hydrogen) atoms. The maximum absolute atomic E-state index is 14.2.